The molecule has 3 rings (SSSR count). The van der Waals surface area contributed by atoms with Crippen molar-refractivity contribution in [2.24, 2.45) is 4.99 Å². The smallest absolute Gasteiger partial charge is 0.255 e. The molecule has 31 heavy (non-hydrogen) atoms. The molecule has 1 unspecified atom stereocenters. The summed E-state index contributed by atoms with van der Waals surface area (Å²) in [5, 5.41) is 4.77. The summed E-state index contributed by atoms with van der Waals surface area (Å²) in [5.41, 5.74) is 1.03. The maximum atomic E-state index is 5.68. The predicted octanol–water partition coefficient (Wildman–Crippen LogP) is 4.76. The standard InChI is InChI=1S/C18H22N2O4S.C5H10O/c1-21-14-7-5-13(6-8-14)12-23-17-10-16(24-20-17)18(25-2)19-11-15-4-3-9-22-15;1-3-4-5-6-2/h5-8,10,15H,3-4,9,11-12H2,1-2H3;3-4H,5H2,1-2H3/b;4-3-. The van der Waals surface area contributed by atoms with Crippen molar-refractivity contribution in [1.29, 1.82) is 0 Å². The fraction of sp³-hybridized carbons (Fsp3) is 0.478. The van der Waals surface area contributed by atoms with Crippen molar-refractivity contribution in [3.63, 3.8) is 0 Å². The molecule has 1 aromatic heterocycles. The highest BCUT2D eigenvalue weighted by Gasteiger charge is 2.17. The monoisotopic (exact) mass is 448 g/mol. The SMILES string of the molecule is C/C=C\COC.COc1ccc(COc2cc(C(=NCC3CCCO3)SC)on2)cc1. The molecule has 7 nitrogen and oxygen atoms in total. The highest BCUT2D eigenvalue weighted by Crippen LogP contribution is 2.20. The first-order valence-corrected chi connectivity index (χ1v) is 11.5. The Morgan fingerprint density at radius 2 is 2.10 bits per heavy atom. The van der Waals surface area contributed by atoms with E-state index in [0.29, 0.717) is 24.8 Å². The lowest BCUT2D eigenvalue weighted by Crippen LogP contribution is -2.10. The van der Waals surface area contributed by atoms with Crippen LogP contribution in [0, 0.1) is 0 Å². The lowest BCUT2D eigenvalue weighted by Gasteiger charge is -2.05. The molecule has 1 aliphatic rings. The molecule has 1 aromatic carbocycles. The van der Waals surface area contributed by atoms with E-state index in [1.807, 2.05) is 49.6 Å². The molecule has 170 valence electrons. The van der Waals surface area contributed by atoms with Crippen LogP contribution in [0.15, 0.2) is 52.0 Å². The van der Waals surface area contributed by atoms with Crippen LogP contribution in [0.25, 0.3) is 0 Å². The summed E-state index contributed by atoms with van der Waals surface area (Å²) in [6.45, 7) is 4.60. The molecule has 1 saturated heterocycles. The molecular formula is C23H32N2O5S. The summed E-state index contributed by atoms with van der Waals surface area (Å²) in [6, 6.07) is 9.48. The number of ether oxygens (including phenoxy) is 4. The first kappa shape index (κ1) is 25.0. The fourth-order valence-electron chi connectivity index (χ4n) is 2.72. The van der Waals surface area contributed by atoms with Gasteiger partial charge in [-0.2, -0.15) is 0 Å². The average molecular weight is 449 g/mol. The van der Waals surface area contributed by atoms with Crippen LogP contribution in [0.4, 0.5) is 0 Å². The Labute approximate surface area is 188 Å². The maximum Gasteiger partial charge on any atom is 0.255 e. The van der Waals surface area contributed by atoms with Gasteiger partial charge in [0.2, 0.25) is 0 Å². The Bertz CT molecular complexity index is 799. The maximum absolute atomic E-state index is 5.68. The molecule has 0 N–H and O–H groups in total. The van der Waals surface area contributed by atoms with Gasteiger partial charge in [-0.25, -0.2) is 0 Å². The van der Waals surface area contributed by atoms with Gasteiger partial charge >= 0.3 is 0 Å². The second-order valence-electron chi connectivity index (χ2n) is 6.68. The van der Waals surface area contributed by atoms with E-state index in [1.54, 1.807) is 20.3 Å². The van der Waals surface area contributed by atoms with E-state index in [1.165, 1.54) is 11.8 Å². The van der Waals surface area contributed by atoms with Crippen LogP contribution in [-0.4, -0.2) is 56.5 Å². The number of nitrogens with zero attached hydrogens (tertiary/aromatic N) is 2. The zero-order valence-corrected chi connectivity index (χ0v) is 19.5. The number of thioether (sulfide) groups is 1. The highest BCUT2D eigenvalue weighted by atomic mass is 32.2. The first-order valence-electron chi connectivity index (χ1n) is 10.2. The Kier molecular flexibility index (Phi) is 11.8. The largest absolute Gasteiger partial charge is 0.497 e. The van der Waals surface area contributed by atoms with Crippen LogP contribution < -0.4 is 9.47 Å². The predicted molar refractivity (Wildman–Crippen MR) is 124 cm³/mol. The van der Waals surface area contributed by atoms with Crippen LogP contribution in [0.5, 0.6) is 11.6 Å². The second kappa shape index (κ2) is 14.7. The fourth-order valence-corrected chi connectivity index (χ4v) is 3.22. The highest BCUT2D eigenvalue weighted by molar-refractivity contribution is 8.13. The van der Waals surface area contributed by atoms with Gasteiger partial charge in [0, 0.05) is 13.7 Å². The van der Waals surface area contributed by atoms with Crippen LogP contribution >= 0.6 is 11.8 Å². The van der Waals surface area contributed by atoms with Gasteiger partial charge in [-0.15, -0.1) is 11.8 Å². The molecule has 0 aliphatic carbocycles. The summed E-state index contributed by atoms with van der Waals surface area (Å²) in [7, 11) is 3.33. The van der Waals surface area contributed by atoms with Crippen molar-refractivity contribution in [2.45, 2.75) is 32.5 Å². The molecular weight excluding hydrogens is 416 g/mol. The van der Waals surface area contributed by atoms with Crippen molar-refractivity contribution >= 4 is 16.8 Å². The minimum absolute atomic E-state index is 0.218. The van der Waals surface area contributed by atoms with Gasteiger partial charge in [0.15, 0.2) is 5.76 Å². The molecule has 2 heterocycles. The summed E-state index contributed by atoms with van der Waals surface area (Å²) >= 11 is 1.53. The number of rotatable bonds is 9. The van der Waals surface area contributed by atoms with Crippen molar-refractivity contribution in [3.05, 3.63) is 53.8 Å². The molecule has 0 radical (unpaired) electrons. The van der Waals surface area contributed by atoms with Crippen molar-refractivity contribution in [1.82, 2.24) is 5.16 Å². The zero-order valence-electron chi connectivity index (χ0n) is 18.7. The Balaban J connectivity index is 0.000000501. The number of hydrogen-bond acceptors (Lipinski definition) is 8. The van der Waals surface area contributed by atoms with E-state index in [2.05, 4.69) is 10.1 Å². The Hall–Kier alpha value is -2.29. The van der Waals surface area contributed by atoms with Crippen molar-refractivity contribution < 1.29 is 23.5 Å². The lowest BCUT2D eigenvalue weighted by atomic mass is 10.2. The van der Waals surface area contributed by atoms with E-state index in [0.717, 1.165) is 42.4 Å². The molecule has 1 atom stereocenters. The molecule has 2 aromatic rings. The van der Waals surface area contributed by atoms with Crippen LogP contribution in [-0.2, 0) is 16.1 Å². The van der Waals surface area contributed by atoms with E-state index in [4.69, 9.17) is 23.5 Å². The van der Waals surface area contributed by atoms with Gasteiger partial charge < -0.3 is 23.5 Å². The van der Waals surface area contributed by atoms with Crippen molar-refractivity contribution in [3.8, 4) is 11.6 Å². The Morgan fingerprint density at radius 3 is 2.68 bits per heavy atom. The van der Waals surface area contributed by atoms with Crippen LogP contribution in [0.3, 0.4) is 0 Å². The molecule has 0 saturated carbocycles. The van der Waals surface area contributed by atoms with Crippen molar-refractivity contribution in [2.75, 3.05) is 40.2 Å². The molecule has 1 fully saturated rings. The van der Waals surface area contributed by atoms with E-state index >= 15 is 0 Å². The number of allylic oxidation sites excluding steroid dienone is 1. The number of aromatic nitrogens is 1. The quantitative estimate of drug-likeness (QED) is 0.311. The number of aliphatic imine (C=N–C) groups is 1. The first-order chi connectivity index (χ1) is 15.2. The van der Waals surface area contributed by atoms with Gasteiger partial charge in [0.25, 0.3) is 5.88 Å². The average Bonchev–Trinajstić information content (AvgIpc) is 3.50. The topological polar surface area (TPSA) is 75.3 Å². The molecule has 0 bridgehead atoms. The molecule has 0 spiro atoms. The molecule has 0 amide bonds. The number of hydrogen-bond donors (Lipinski definition) is 0. The third-order valence-corrected chi connectivity index (χ3v) is 5.12. The minimum Gasteiger partial charge on any atom is -0.497 e. The van der Waals surface area contributed by atoms with E-state index < -0.39 is 0 Å². The minimum atomic E-state index is 0.218. The van der Waals surface area contributed by atoms with Gasteiger partial charge in [-0.3, -0.25) is 4.99 Å². The normalized spacial score (nSPS) is 16.3. The zero-order chi connectivity index (χ0) is 22.3. The Morgan fingerprint density at radius 1 is 1.29 bits per heavy atom. The molecule has 8 heteroatoms. The summed E-state index contributed by atoms with van der Waals surface area (Å²) in [6.07, 6.45) is 8.28. The van der Waals surface area contributed by atoms with Gasteiger partial charge in [-0.05, 0) is 48.9 Å². The van der Waals surface area contributed by atoms with Gasteiger partial charge in [0.05, 0.1) is 32.4 Å². The summed E-state index contributed by atoms with van der Waals surface area (Å²) in [4.78, 5) is 4.60. The molecule has 1 aliphatic heterocycles. The van der Waals surface area contributed by atoms with Crippen LogP contribution in [0.2, 0.25) is 0 Å². The van der Waals surface area contributed by atoms with E-state index in [-0.39, 0.29) is 6.10 Å². The number of benzene rings is 1. The van der Waals surface area contributed by atoms with Gasteiger partial charge in [0.1, 0.15) is 17.4 Å². The van der Waals surface area contributed by atoms with Gasteiger partial charge in [-0.1, -0.05) is 24.3 Å². The van der Waals surface area contributed by atoms with E-state index in [9.17, 15) is 0 Å². The van der Waals surface area contributed by atoms with Crippen LogP contribution in [0.1, 0.15) is 31.1 Å². The second-order valence-corrected chi connectivity index (χ2v) is 7.47. The summed E-state index contributed by atoms with van der Waals surface area (Å²) < 4.78 is 26.5. The third kappa shape index (κ3) is 9.16. The summed E-state index contributed by atoms with van der Waals surface area (Å²) in [5.74, 6) is 1.89. The lowest BCUT2D eigenvalue weighted by molar-refractivity contribution is 0.118. The number of methoxy groups -OCH3 is 2. The third-order valence-electron chi connectivity index (χ3n) is 4.40.